The van der Waals surface area contributed by atoms with Gasteiger partial charge in [-0.15, -0.1) is 0 Å². The Hall–Kier alpha value is -3.33. The number of furan rings is 1. The Balaban J connectivity index is 1.39. The van der Waals surface area contributed by atoms with Gasteiger partial charge in [-0.3, -0.25) is 30.0 Å². The predicted octanol–water partition coefficient (Wildman–Crippen LogP) is 1.29. The first-order chi connectivity index (χ1) is 13.9. The van der Waals surface area contributed by atoms with E-state index in [-0.39, 0.29) is 25.4 Å². The number of halogens is 1. The summed E-state index contributed by atoms with van der Waals surface area (Å²) in [5, 5.41) is 0.477. The number of rotatable bonds is 6. The molecule has 1 saturated heterocycles. The Bertz CT molecular complexity index is 897. The number of ether oxygens (including phenoxy) is 1. The number of esters is 1. The van der Waals surface area contributed by atoms with Gasteiger partial charge < -0.3 is 14.1 Å². The third-order valence-corrected chi connectivity index (χ3v) is 4.49. The van der Waals surface area contributed by atoms with Crippen LogP contribution in [0.4, 0.5) is 0 Å². The van der Waals surface area contributed by atoms with Crippen LogP contribution in [0.2, 0.25) is 5.02 Å². The lowest BCUT2D eigenvalue weighted by Crippen LogP contribution is -2.43. The fourth-order valence-electron chi connectivity index (χ4n) is 2.76. The second kappa shape index (κ2) is 9.24. The van der Waals surface area contributed by atoms with E-state index in [0.29, 0.717) is 16.3 Å². The van der Waals surface area contributed by atoms with Crippen molar-refractivity contribution < 1.29 is 28.3 Å². The Morgan fingerprint density at radius 3 is 2.62 bits per heavy atom. The smallest absolute Gasteiger partial charge is 0.311 e. The Kier molecular flexibility index (Phi) is 6.50. The molecule has 1 aliphatic heterocycles. The highest BCUT2D eigenvalue weighted by Gasteiger charge is 2.35. The fraction of sp³-hybridized carbons (Fsp3) is 0.263. The average molecular weight is 420 g/mol. The van der Waals surface area contributed by atoms with Crippen molar-refractivity contribution in [3.8, 4) is 0 Å². The van der Waals surface area contributed by atoms with Crippen LogP contribution >= 0.6 is 11.6 Å². The minimum atomic E-state index is -0.711. The number of carbonyl (C=O) groups is 4. The van der Waals surface area contributed by atoms with Crippen LogP contribution < -0.4 is 10.9 Å². The number of likely N-dealkylation sites (tertiary alicyclic amines) is 1. The molecule has 2 heterocycles. The molecule has 2 N–H and O–H groups in total. The molecule has 0 spiro atoms. The maximum absolute atomic E-state index is 12.1. The van der Waals surface area contributed by atoms with Gasteiger partial charge in [0.05, 0.1) is 18.7 Å². The average Bonchev–Trinajstić information content (AvgIpc) is 3.35. The van der Waals surface area contributed by atoms with Crippen LogP contribution in [0.15, 0.2) is 47.1 Å². The van der Waals surface area contributed by atoms with Crippen LogP contribution in [0, 0.1) is 5.92 Å². The Morgan fingerprint density at radius 2 is 1.93 bits per heavy atom. The number of amides is 3. The van der Waals surface area contributed by atoms with Gasteiger partial charge in [-0.1, -0.05) is 11.6 Å². The zero-order valence-corrected chi connectivity index (χ0v) is 16.0. The van der Waals surface area contributed by atoms with Gasteiger partial charge in [0, 0.05) is 23.6 Å². The van der Waals surface area contributed by atoms with Crippen molar-refractivity contribution in [3.63, 3.8) is 0 Å². The molecule has 10 heteroatoms. The highest BCUT2D eigenvalue weighted by molar-refractivity contribution is 6.30. The van der Waals surface area contributed by atoms with Gasteiger partial charge in [-0.05, 0) is 36.4 Å². The Morgan fingerprint density at radius 1 is 1.17 bits per heavy atom. The quantitative estimate of drug-likeness (QED) is 0.538. The molecule has 1 aromatic heterocycles. The molecule has 1 fully saturated rings. The SMILES string of the molecule is O=C(COC(=O)[C@@H]1CC(=O)N(Cc2ccco2)C1)NNC(=O)c1ccc(Cl)cc1. The summed E-state index contributed by atoms with van der Waals surface area (Å²) < 4.78 is 10.1. The van der Waals surface area contributed by atoms with E-state index in [9.17, 15) is 19.2 Å². The molecule has 0 unspecified atom stereocenters. The zero-order chi connectivity index (χ0) is 20.8. The van der Waals surface area contributed by atoms with Crippen LogP contribution in [-0.2, 0) is 25.7 Å². The van der Waals surface area contributed by atoms with Gasteiger partial charge in [0.25, 0.3) is 11.8 Å². The van der Waals surface area contributed by atoms with Crippen molar-refractivity contribution >= 4 is 35.3 Å². The summed E-state index contributed by atoms with van der Waals surface area (Å²) in [5.74, 6) is -2.15. The van der Waals surface area contributed by atoms with E-state index in [1.807, 2.05) is 0 Å². The summed E-state index contributed by atoms with van der Waals surface area (Å²) in [6.07, 6.45) is 1.51. The van der Waals surface area contributed by atoms with E-state index in [4.69, 9.17) is 20.8 Å². The van der Waals surface area contributed by atoms with Crippen molar-refractivity contribution in [2.75, 3.05) is 13.2 Å². The van der Waals surface area contributed by atoms with Crippen LogP contribution in [0.25, 0.3) is 0 Å². The lowest BCUT2D eigenvalue weighted by Gasteiger charge is -2.14. The number of nitrogens with zero attached hydrogens (tertiary/aromatic N) is 1. The molecule has 0 saturated carbocycles. The molecule has 29 heavy (non-hydrogen) atoms. The van der Waals surface area contributed by atoms with E-state index in [0.717, 1.165) is 0 Å². The number of hydrazine groups is 1. The third-order valence-electron chi connectivity index (χ3n) is 4.24. The number of carbonyl (C=O) groups excluding carboxylic acids is 4. The fourth-order valence-corrected chi connectivity index (χ4v) is 2.89. The summed E-state index contributed by atoms with van der Waals surface area (Å²) in [6.45, 7) is -0.122. The molecule has 0 bridgehead atoms. The first-order valence-electron chi connectivity index (χ1n) is 8.74. The molecule has 0 radical (unpaired) electrons. The number of hydrogen-bond acceptors (Lipinski definition) is 6. The minimum Gasteiger partial charge on any atom is -0.467 e. The largest absolute Gasteiger partial charge is 0.467 e. The number of benzene rings is 1. The first kappa shape index (κ1) is 20.4. The van der Waals surface area contributed by atoms with Crippen molar-refractivity contribution in [3.05, 3.63) is 59.0 Å². The first-order valence-corrected chi connectivity index (χ1v) is 9.11. The van der Waals surface area contributed by atoms with Crippen molar-refractivity contribution in [1.82, 2.24) is 15.8 Å². The summed E-state index contributed by atoms with van der Waals surface area (Å²) in [6, 6.07) is 9.52. The van der Waals surface area contributed by atoms with E-state index < -0.39 is 30.3 Å². The van der Waals surface area contributed by atoms with Crippen LogP contribution in [0.1, 0.15) is 22.5 Å². The molecular formula is C19H18ClN3O6. The molecule has 9 nitrogen and oxygen atoms in total. The topological polar surface area (TPSA) is 118 Å². The standard InChI is InChI=1S/C19H18ClN3O6/c20-14-5-3-12(4-6-14)18(26)22-21-16(24)11-29-19(27)13-8-17(25)23(9-13)10-15-2-1-7-28-15/h1-7,13H,8-11H2,(H,21,24)(H,22,26)/t13-/m1/s1. The monoisotopic (exact) mass is 419 g/mol. The third kappa shape index (κ3) is 5.58. The maximum atomic E-state index is 12.1. The van der Waals surface area contributed by atoms with Crippen molar-refractivity contribution in [2.24, 2.45) is 5.92 Å². The molecule has 1 aromatic carbocycles. The van der Waals surface area contributed by atoms with E-state index in [1.165, 1.54) is 35.4 Å². The molecule has 1 atom stereocenters. The Labute approximate surface area is 170 Å². The van der Waals surface area contributed by atoms with Gasteiger partial charge in [-0.2, -0.15) is 0 Å². The van der Waals surface area contributed by atoms with Gasteiger partial charge in [0.1, 0.15) is 5.76 Å². The van der Waals surface area contributed by atoms with Crippen LogP contribution in [-0.4, -0.2) is 41.7 Å². The minimum absolute atomic E-state index is 0.00840. The van der Waals surface area contributed by atoms with Crippen LogP contribution in [0.3, 0.4) is 0 Å². The number of hydrogen-bond donors (Lipinski definition) is 2. The van der Waals surface area contributed by atoms with Gasteiger partial charge in [0.2, 0.25) is 5.91 Å². The highest BCUT2D eigenvalue weighted by atomic mass is 35.5. The molecule has 0 aliphatic carbocycles. The lowest BCUT2D eigenvalue weighted by atomic mass is 10.1. The summed E-state index contributed by atoms with van der Waals surface area (Å²) in [4.78, 5) is 49.3. The van der Waals surface area contributed by atoms with Gasteiger partial charge >= 0.3 is 5.97 Å². The van der Waals surface area contributed by atoms with E-state index in [1.54, 1.807) is 12.1 Å². The molecular weight excluding hydrogens is 402 g/mol. The van der Waals surface area contributed by atoms with E-state index in [2.05, 4.69) is 10.9 Å². The summed E-state index contributed by atoms with van der Waals surface area (Å²) >= 11 is 5.74. The molecule has 3 rings (SSSR count). The number of nitrogens with one attached hydrogen (secondary N) is 2. The molecule has 2 aromatic rings. The molecule has 152 valence electrons. The molecule has 3 amide bonds. The van der Waals surface area contributed by atoms with Crippen molar-refractivity contribution in [1.29, 1.82) is 0 Å². The predicted molar refractivity (Wildman–Crippen MR) is 100 cm³/mol. The molecule has 1 aliphatic rings. The summed E-state index contributed by atoms with van der Waals surface area (Å²) in [7, 11) is 0. The second-order valence-electron chi connectivity index (χ2n) is 6.37. The lowest BCUT2D eigenvalue weighted by molar-refractivity contribution is -0.152. The highest BCUT2D eigenvalue weighted by Crippen LogP contribution is 2.21. The van der Waals surface area contributed by atoms with Crippen LogP contribution in [0.5, 0.6) is 0 Å². The summed E-state index contributed by atoms with van der Waals surface area (Å²) in [5.41, 5.74) is 4.65. The van der Waals surface area contributed by atoms with Gasteiger partial charge in [0.15, 0.2) is 6.61 Å². The van der Waals surface area contributed by atoms with E-state index >= 15 is 0 Å². The normalized spacial score (nSPS) is 15.8. The second-order valence-corrected chi connectivity index (χ2v) is 6.81. The van der Waals surface area contributed by atoms with Crippen molar-refractivity contribution in [2.45, 2.75) is 13.0 Å². The van der Waals surface area contributed by atoms with Gasteiger partial charge in [-0.25, -0.2) is 0 Å². The zero-order valence-electron chi connectivity index (χ0n) is 15.2. The maximum Gasteiger partial charge on any atom is 0.311 e.